The Hall–Kier alpha value is -2.53. The second kappa shape index (κ2) is 8.36. The second-order valence-electron chi connectivity index (χ2n) is 5.63. The van der Waals surface area contributed by atoms with Crippen LogP contribution in [0.15, 0.2) is 48.5 Å². The Kier molecular flexibility index (Phi) is 6.21. The van der Waals surface area contributed by atoms with Crippen LogP contribution in [0.1, 0.15) is 24.1 Å². The first kappa shape index (κ1) is 17.8. The van der Waals surface area contributed by atoms with Crippen LogP contribution in [0.25, 0.3) is 0 Å². The molecular formula is C19H24N2O3. The van der Waals surface area contributed by atoms with Gasteiger partial charge in [-0.1, -0.05) is 30.3 Å². The van der Waals surface area contributed by atoms with Crippen LogP contribution in [0.4, 0.5) is 5.69 Å². The molecule has 1 unspecified atom stereocenters. The van der Waals surface area contributed by atoms with Gasteiger partial charge in [-0.25, -0.2) is 0 Å². The van der Waals surface area contributed by atoms with Crippen LogP contribution in [0, 0.1) is 0 Å². The first-order valence-electron chi connectivity index (χ1n) is 7.96. The van der Waals surface area contributed by atoms with Crippen molar-refractivity contribution in [3.05, 3.63) is 59.7 Å². The Balaban J connectivity index is 2.31. The van der Waals surface area contributed by atoms with E-state index in [1.165, 1.54) is 0 Å². The molecule has 0 aliphatic rings. The van der Waals surface area contributed by atoms with Gasteiger partial charge in [0, 0.05) is 25.3 Å². The molecule has 5 heteroatoms. The highest BCUT2D eigenvalue weighted by Gasteiger charge is 2.22. The summed E-state index contributed by atoms with van der Waals surface area (Å²) in [5, 5.41) is 12.8. The summed E-state index contributed by atoms with van der Waals surface area (Å²) in [7, 11) is 3.47. The van der Waals surface area contributed by atoms with E-state index >= 15 is 0 Å². The van der Waals surface area contributed by atoms with Gasteiger partial charge in [0.25, 0.3) is 0 Å². The average Bonchev–Trinajstić information content (AvgIpc) is 2.61. The maximum absolute atomic E-state index is 12.6. The first-order valence-corrected chi connectivity index (χ1v) is 7.96. The van der Waals surface area contributed by atoms with Gasteiger partial charge in [0.15, 0.2) is 0 Å². The predicted octanol–water partition coefficient (Wildman–Crippen LogP) is 2.82. The predicted molar refractivity (Wildman–Crippen MR) is 95.0 cm³/mol. The molecule has 128 valence electrons. The Morgan fingerprint density at radius 1 is 1.21 bits per heavy atom. The maximum atomic E-state index is 12.6. The van der Waals surface area contributed by atoms with Gasteiger partial charge in [-0.05, 0) is 30.7 Å². The Morgan fingerprint density at radius 3 is 2.50 bits per heavy atom. The van der Waals surface area contributed by atoms with Crippen molar-refractivity contribution in [2.75, 3.05) is 26.0 Å². The van der Waals surface area contributed by atoms with E-state index in [1.807, 2.05) is 49.4 Å². The van der Waals surface area contributed by atoms with Crippen LogP contribution in [-0.2, 0) is 11.4 Å². The lowest BCUT2D eigenvalue weighted by molar-refractivity contribution is -0.129. The number of anilines is 1. The number of hydrogen-bond donors (Lipinski definition) is 2. The first-order chi connectivity index (χ1) is 11.6. The lowest BCUT2D eigenvalue weighted by Crippen LogP contribution is -2.32. The quantitative estimate of drug-likeness (QED) is 0.820. The van der Waals surface area contributed by atoms with Crippen LogP contribution in [0.3, 0.4) is 0 Å². The summed E-state index contributed by atoms with van der Waals surface area (Å²) < 4.78 is 5.50. The van der Waals surface area contributed by atoms with Crippen molar-refractivity contribution in [2.24, 2.45) is 0 Å². The van der Waals surface area contributed by atoms with E-state index in [2.05, 4.69) is 5.32 Å². The van der Waals surface area contributed by atoms with Crippen LogP contribution in [0.5, 0.6) is 5.75 Å². The molecule has 2 aromatic rings. The number of carbonyl (C=O) groups is 1. The van der Waals surface area contributed by atoms with Gasteiger partial charge in [-0.2, -0.15) is 0 Å². The fourth-order valence-electron chi connectivity index (χ4n) is 2.45. The third kappa shape index (κ3) is 4.26. The third-order valence-corrected chi connectivity index (χ3v) is 3.66. The van der Waals surface area contributed by atoms with Crippen LogP contribution in [-0.4, -0.2) is 36.6 Å². The molecule has 0 aliphatic heterocycles. The minimum atomic E-state index is -0.495. The van der Waals surface area contributed by atoms with Gasteiger partial charge >= 0.3 is 0 Å². The number of benzene rings is 2. The molecule has 5 nitrogen and oxygen atoms in total. The molecule has 0 radical (unpaired) electrons. The van der Waals surface area contributed by atoms with Crippen molar-refractivity contribution < 1.29 is 14.6 Å². The van der Waals surface area contributed by atoms with E-state index in [0.29, 0.717) is 17.9 Å². The molecule has 0 aromatic heterocycles. The number of aliphatic hydroxyl groups excluding tert-OH is 1. The normalized spacial score (nSPS) is 11.7. The standard InChI is InChI=1S/C19H24N2O3/c1-4-24-17-11-10-16(12-15(17)13-22)20-18(19(23)21(2)3)14-8-6-5-7-9-14/h5-12,18,20,22H,4,13H2,1-3H3. The fourth-order valence-corrected chi connectivity index (χ4v) is 2.45. The van der Waals surface area contributed by atoms with Gasteiger partial charge in [-0.15, -0.1) is 0 Å². The van der Waals surface area contributed by atoms with Crippen molar-refractivity contribution in [1.29, 1.82) is 0 Å². The summed E-state index contributed by atoms with van der Waals surface area (Å²) in [4.78, 5) is 14.1. The molecular weight excluding hydrogens is 304 g/mol. The molecule has 2 aromatic carbocycles. The second-order valence-corrected chi connectivity index (χ2v) is 5.63. The van der Waals surface area contributed by atoms with Gasteiger partial charge in [0.05, 0.1) is 13.2 Å². The number of ether oxygens (including phenoxy) is 1. The van der Waals surface area contributed by atoms with Crippen molar-refractivity contribution in [3.63, 3.8) is 0 Å². The molecule has 0 heterocycles. The van der Waals surface area contributed by atoms with E-state index in [1.54, 1.807) is 25.1 Å². The zero-order valence-electron chi connectivity index (χ0n) is 14.3. The van der Waals surface area contributed by atoms with Gasteiger partial charge in [-0.3, -0.25) is 4.79 Å². The van der Waals surface area contributed by atoms with E-state index in [-0.39, 0.29) is 12.5 Å². The fraction of sp³-hybridized carbons (Fsp3) is 0.316. The molecule has 0 saturated heterocycles. The van der Waals surface area contributed by atoms with Crippen molar-refractivity contribution in [3.8, 4) is 5.75 Å². The maximum Gasteiger partial charge on any atom is 0.249 e. The number of carbonyl (C=O) groups excluding carboxylic acids is 1. The van der Waals surface area contributed by atoms with E-state index in [0.717, 1.165) is 11.3 Å². The zero-order chi connectivity index (χ0) is 17.5. The minimum absolute atomic E-state index is 0.0411. The number of likely N-dealkylation sites (N-methyl/N-ethyl adjacent to an activating group) is 1. The van der Waals surface area contributed by atoms with Gasteiger partial charge < -0.3 is 20.1 Å². The summed E-state index contributed by atoms with van der Waals surface area (Å²) in [6.07, 6.45) is 0. The topological polar surface area (TPSA) is 61.8 Å². The van der Waals surface area contributed by atoms with E-state index in [4.69, 9.17) is 4.74 Å². The largest absolute Gasteiger partial charge is 0.494 e. The Labute approximate surface area is 142 Å². The van der Waals surface area contributed by atoms with Gasteiger partial charge in [0.1, 0.15) is 11.8 Å². The zero-order valence-corrected chi connectivity index (χ0v) is 14.3. The lowest BCUT2D eigenvalue weighted by Gasteiger charge is -2.23. The molecule has 0 spiro atoms. The molecule has 0 aliphatic carbocycles. The number of rotatable bonds is 7. The van der Waals surface area contributed by atoms with Crippen LogP contribution >= 0.6 is 0 Å². The SMILES string of the molecule is CCOc1ccc(NC(C(=O)N(C)C)c2ccccc2)cc1CO. The van der Waals surface area contributed by atoms with Gasteiger partial charge in [0.2, 0.25) is 5.91 Å². The number of nitrogens with one attached hydrogen (secondary N) is 1. The summed E-state index contributed by atoms with van der Waals surface area (Å²) in [6, 6.07) is 14.5. The number of aliphatic hydroxyl groups is 1. The third-order valence-electron chi connectivity index (χ3n) is 3.66. The van der Waals surface area contributed by atoms with Crippen molar-refractivity contribution >= 4 is 11.6 Å². The van der Waals surface area contributed by atoms with Crippen LogP contribution < -0.4 is 10.1 Å². The van der Waals surface area contributed by atoms with E-state index in [9.17, 15) is 9.90 Å². The molecule has 0 bridgehead atoms. The molecule has 0 fully saturated rings. The highest BCUT2D eigenvalue weighted by Crippen LogP contribution is 2.27. The highest BCUT2D eigenvalue weighted by atomic mass is 16.5. The minimum Gasteiger partial charge on any atom is -0.494 e. The molecule has 2 N–H and O–H groups in total. The monoisotopic (exact) mass is 328 g/mol. The Bertz CT molecular complexity index is 672. The van der Waals surface area contributed by atoms with E-state index < -0.39 is 6.04 Å². The Morgan fingerprint density at radius 2 is 1.92 bits per heavy atom. The summed E-state index contributed by atoms with van der Waals surface area (Å²) in [6.45, 7) is 2.31. The number of hydrogen-bond acceptors (Lipinski definition) is 4. The lowest BCUT2D eigenvalue weighted by atomic mass is 10.0. The average molecular weight is 328 g/mol. The molecule has 1 amide bonds. The highest BCUT2D eigenvalue weighted by molar-refractivity contribution is 5.85. The number of nitrogens with zero attached hydrogens (tertiary/aromatic N) is 1. The molecule has 0 saturated carbocycles. The summed E-state index contributed by atoms with van der Waals surface area (Å²) in [5.41, 5.74) is 2.33. The van der Waals surface area contributed by atoms with Crippen LogP contribution in [0.2, 0.25) is 0 Å². The smallest absolute Gasteiger partial charge is 0.249 e. The molecule has 2 rings (SSSR count). The van der Waals surface area contributed by atoms with Crippen molar-refractivity contribution in [1.82, 2.24) is 4.90 Å². The molecule has 24 heavy (non-hydrogen) atoms. The summed E-state index contributed by atoms with van der Waals surface area (Å²) >= 11 is 0. The summed E-state index contributed by atoms with van der Waals surface area (Å²) in [5.74, 6) is 0.612. The van der Waals surface area contributed by atoms with Crippen molar-refractivity contribution in [2.45, 2.75) is 19.6 Å². The number of amides is 1. The molecule has 1 atom stereocenters.